The molecule has 0 spiro atoms. The summed E-state index contributed by atoms with van der Waals surface area (Å²) in [6.07, 6.45) is 1.51. The first-order valence-electron chi connectivity index (χ1n) is 5.16. The maximum Gasteiger partial charge on any atom is 0.259 e. The van der Waals surface area contributed by atoms with Crippen LogP contribution in [0.15, 0.2) is 30.5 Å². The molecule has 0 radical (unpaired) electrons. The van der Waals surface area contributed by atoms with Crippen LogP contribution in [0.25, 0.3) is 0 Å². The molecule has 0 bridgehead atoms. The second-order valence-electron chi connectivity index (χ2n) is 3.59. The number of hydrogen-bond acceptors (Lipinski definition) is 3. The summed E-state index contributed by atoms with van der Waals surface area (Å²) in [5.41, 5.74) is 2.01. The average molecular weight is 231 g/mol. The minimum atomic E-state index is -0.179. The Bertz CT molecular complexity index is 517. The molecule has 0 aliphatic heterocycles. The van der Waals surface area contributed by atoms with Crippen molar-refractivity contribution in [1.82, 2.24) is 10.2 Å². The zero-order chi connectivity index (χ0) is 12.3. The number of aryl methyl sites for hydroxylation is 1. The Balaban J connectivity index is 2.10. The van der Waals surface area contributed by atoms with Crippen molar-refractivity contribution in [3.63, 3.8) is 0 Å². The number of methoxy groups -OCH3 is 1. The van der Waals surface area contributed by atoms with Crippen molar-refractivity contribution in [1.29, 1.82) is 0 Å². The zero-order valence-electron chi connectivity index (χ0n) is 9.65. The maximum atomic E-state index is 11.8. The van der Waals surface area contributed by atoms with E-state index in [0.29, 0.717) is 5.56 Å². The van der Waals surface area contributed by atoms with E-state index < -0.39 is 0 Å². The third-order valence-electron chi connectivity index (χ3n) is 2.42. The molecule has 0 aliphatic carbocycles. The van der Waals surface area contributed by atoms with Gasteiger partial charge in [-0.05, 0) is 31.2 Å². The molecule has 2 aromatic rings. The fourth-order valence-electron chi connectivity index (χ4n) is 1.45. The average Bonchev–Trinajstić information content (AvgIpc) is 2.76. The van der Waals surface area contributed by atoms with Crippen molar-refractivity contribution >= 4 is 11.6 Å². The van der Waals surface area contributed by atoms with Gasteiger partial charge in [0.2, 0.25) is 0 Å². The third kappa shape index (κ3) is 2.44. The number of amides is 1. The summed E-state index contributed by atoms with van der Waals surface area (Å²) in [7, 11) is 1.60. The van der Waals surface area contributed by atoms with Crippen LogP contribution in [-0.2, 0) is 0 Å². The first-order chi connectivity index (χ1) is 8.20. The molecule has 5 nitrogen and oxygen atoms in total. The molecule has 1 aromatic carbocycles. The van der Waals surface area contributed by atoms with Crippen molar-refractivity contribution in [3.05, 3.63) is 41.7 Å². The molecule has 17 heavy (non-hydrogen) atoms. The minimum Gasteiger partial charge on any atom is -0.497 e. The smallest absolute Gasteiger partial charge is 0.259 e. The van der Waals surface area contributed by atoms with Gasteiger partial charge in [0.25, 0.3) is 5.91 Å². The summed E-state index contributed by atoms with van der Waals surface area (Å²) >= 11 is 0. The number of anilines is 1. The highest BCUT2D eigenvalue weighted by Crippen LogP contribution is 2.16. The number of hydrogen-bond donors (Lipinski definition) is 2. The van der Waals surface area contributed by atoms with E-state index in [2.05, 4.69) is 15.5 Å². The number of benzene rings is 1. The van der Waals surface area contributed by atoms with Gasteiger partial charge in [-0.15, -0.1) is 0 Å². The highest BCUT2D eigenvalue weighted by atomic mass is 16.5. The van der Waals surface area contributed by atoms with E-state index in [1.807, 2.05) is 0 Å². The second kappa shape index (κ2) is 4.69. The Labute approximate surface area is 98.8 Å². The fourth-order valence-corrected chi connectivity index (χ4v) is 1.45. The van der Waals surface area contributed by atoms with Gasteiger partial charge in [0.15, 0.2) is 0 Å². The Hall–Kier alpha value is -2.30. The van der Waals surface area contributed by atoms with E-state index in [-0.39, 0.29) is 5.91 Å². The highest BCUT2D eigenvalue weighted by molar-refractivity contribution is 6.04. The SMILES string of the molecule is COc1ccc(NC(=O)c2cn[nH]c2C)cc1. The van der Waals surface area contributed by atoms with E-state index in [9.17, 15) is 4.79 Å². The predicted molar refractivity (Wildman–Crippen MR) is 64.3 cm³/mol. The Morgan fingerprint density at radius 2 is 2.06 bits per heavy atom. The lowest BCUT2D eigenvalue weighted by Gasteiger charge is -2.05. The molecule has 2 rings (SSSR count). The van der Waals surface area contributed by atoms with Crippen LogP contribution in [0.3, 0.4) is 0 Å². The fraction of sp³-hybridized carbons (Fsp3) is 0.167. The number of carbonyl (C=O) groups excluding carboxylic acids is 1. The zero-order valence-corrected chi connectivity index (χ0v) is 9.65. The number of aromatic amines is 1. The van der Waals surface area contributed by atoms with Crippen molar-refractivity contribution in [3.8, 4) is 5.75 Å². The van der Waals surface area contributed by atoms with Crippen LogP contribution in [-0.4, -0.2) is 23.2 Å². The van der Waals surface area contributed by atoms with Crippen LogP contribution in [0.4, 0.5) is 5.69 Å². The Morgan fingerprint density at radius 3 is 2.59 bits per heavy atom. The lowest BCUT2D eigenvalue weighted by atomic mass is 10.2. The molecule has 0 unspecified atom stereocenters. The number of nitrogens with zero attached hydrogens (tertiary/aromatic N) is 1. The molecule has 5 heteroatoms. The van der Waals surface area contributed by atoms with Gasteiger partial charge in [-0.25, -0.2) is 0 Å². The molecule has 0 fully saturated rings. The van der Waals surface area contributed by atoms with Gasteiger partial charge in [0.05, 0.1) is 18.9 Å². The van der Waals surface area contributed by atoms with E-state index >= 15 is 0 Å². The van der Waals surface area contributed by atoms with Gasteiger partial charge in [-0.1, -0.05) is 0 Å². The number of carbonyl (C=O) groups is 1. The van der Waals surface area contributed by atoms with E-state index in [1.54, 1.807) is 38.3 Å². The molecule has 88 valence electrons. The summed E-state index contributed by atoms with van der Waals surface area (Å²) in [6, 6.07) is 7.15. The normalized spacial score (nSPS) is 10.0. The lowest BCUT2D eigenvalue weighted by Crippen LogP contribution is -2.12. The van der Waals surface area contributed by atoms with Crippen molar-refractivity contribution in [2.45, 2.75) is 6.92 Å². The van der Waals surface area contributed by atoms with Gasteiger partial charge in [0, 0.05) is 11.4 Å². The molecule has 1 amide bonds. The van der Waals surface area contributed by atoms with Crippen molar-refractivity contribution in [2.24, 2.45) is 0 Å². The van der Waals surface area contributed by atoms with E-state index in [4.69, 9.17) is 4.74 Å². The van der Waals surface area contributed by atoms with Crippen LogP contribution >= 0.6 is 0 Å². The number of aromatic nitrogens is 2. The summed E-state index contributed by atoms with van der Waals surface area (Å²) in [5.74, 6) is 0.573. The van der Waals surface area contributed by atoms with Gasteiger partial charge in [-0.3, -0.25) is 9.89 Å². The lowest BCUT2D eigenvalue weighted by molar-refractivity contribution is 0.102. The summed E-state index contributed by atoms with van der Waals surface area (Å²) < 4.78 is 5.04. The molecule has 0 saturated carbocycles. The summed E-state index contributed by atoms with van der Waals surface area (Å²) in [6.45, 7) is 1.80. The standard InChI is InChI=1S/C12H13N3O2/c1-8-11(7-13-15-8)12(16)14-9-3-5-10(17-2)6-4-9/h3-7H,1-2H3,(H,13,15)(H,14,16). The Morgan fingerprint density at radius 1 is 1.35 bits per heavy atom. The van der Waals surface area contributed by atoms with E-state index in [1.165, 1.54) is 6.20 Å². The molecular formula is C12H13N3O2. The molecular weight excluding hydrogens is 218 g/mol. The third-order valence-corrected chi connectivity index (χ3v) is 2.42. The van der Waals surface area contributed by atoms with Gasteiger partial charge in [0.1, 0.15) is 5.75 Å². The Kier molecular flexibility index (Phi) is 3.09. The van der Waals surface area contributed by atoms with Gasteiger partial charge >= 0.3 is 0 Å². The number of nitrogens with one attached hydrogen (secondary N) is 2. The van der Waals surface area contributed by atoms with Crippen LogP contribution < -0.4 is 10.1 Å². The van der Waals surface area contributed by atoms with Crippen LogP contribution in [0.2, 0.25) is 0 Å². The van der Waals surface area contributed by atoms with Crippen LogP contribution in [0.1, 0.15) is 16.1 Å². The van der Waals surface area contributed by atoms with E-state index in [0.717, 1.165) is 17.1 Å². The highest BCUT2D eigenvalue weighted by Gasteiger charge is 2.10. The molecule has 0 aliphatic rings. The first kappa shape index (κ1) is 11.2. The largest absolute Gasteiger partial charge is 0.497 e. The predicted octanol–water partition coefficient (Wildman–Crippen LogP) is 1.98. The summed E-state index contributed by atoms with van der Waals surface area (Å²) in [4.78, 5) is 11.8. The summed E-state index contributed by atoms with van der Waals surface area (Å²) in [5, 5.41) is 9.31. The van der Waals surface area contributed by atoms with Crippen molar-refractivity contribution < 1.29 is 9.53 Å². The van der Waals surface area contributed by atoms with Gasteiger partial charge < -0.3 is 10.1 Å². The van der Waals surface area contributed by atoms with Crippen molar-refractivity contribution in [2.75, 3.05) is 12.4 Å². The van der Waals surface area contributed by atoms with Crippen LogP contribution in [0.5, 0.6) is 5.75 Å². The minimum absolute atomic E-state index is 0.179. The number of H-pyrrole nitrogens is 1. The van der Waals surface area contributed by atoms with Gasteiger partial charge in [-0.2, -0.15) is 5.10 Å². The topological polar surface area (TPSA) is 67.0 Å². The molecule has 1 aromatic heterocycles. The number of ether oxygens (including phenoxy) is 1. The molecule has 0 atom stereocenters. The maximum absolute atomic E-state index is 11.8. The molecule has 2 N–H and O–H groups in total. The molecule has 1 heterocycles. The quantitative estimate of drug-likeness (QED) is 0.848. The second-order valence-corrected chi connectivity index (χ2v) is 3.59. The monoisotopic (exact) mass is 231 g/mol. The molecule has 0 saturated heterocycles. The van der Waals surface area contributed by atoms with Crippen LogP contribution in [0, 0.1) is 6.92 Å². The number of rotatable bonds is 3. The first-order valence-corrected chi connectivity index (χ1v) is 5.16.